The molecule has 0 radical (unpaired) electrons. The molecule has 2 amide bonds. The van der Waals surface area contributed by atoms with Crippen molar-refractivity contribution in [1.82, 2.24) is 4.90 Å². The first-order valence-electron chi connectivity index (χ1n) is 8.81. The molecule has 27 heavy (non-hydrogen) atoms. The Morgan fingerprint density at radius 2 is 1.74 bits per heavy atom. The van der Waals surface area contributed by atoms with Crippen molar-refractivity contribution >= 4 is 23.6 Å². The van der Waals surface area contributed by atoms with Gasteiger partial charge < -0.3 is 10.2 Å². The summed E-state index contributed by atoms with van der Waals surface area (Å²) in [5, 5.41) is 2.44. The number of hydrogen-bond donors (Lipinski definition) is 1. The van der Waals surface area contributed by atoms with Gasteiger partial charge in [-0.15, -0.1) is 0 Å². The topological polar surface area (TPSA) is 49.4 Å². The van der Waals surface area contributed by atoms with Gasteiger partial charge in [0, 0.05) is 31.1 Å². The van der Waals surface area contributed by atoms with Gasteiger partial charge in [-0.25, -0.2) is 8.78 Å². The van der Waals surface area contributed by atoms with Crippen LogP contribution in [-0.2, 0) is 9.59 Å². The fraction of sp³-hybridized carbons (Fsp3) is 0.238. The van der Waals surface area contributed by atoms with E-state index >= 15 is 0 Å². The molecule has 1 aliphatic heterocycles. The van der Waals surface area contributed by atoms with Crippen LogP contribution in [0.25, 0.3) is 6.08 Å². The Kier molecular flexibility index (Phi) is 5.96. The smallest absolute Gasteiger partial charge is 0.246 e. The van der Waals surface area contributed by atoms with Crippen LogP contribution < -0.4 is 5.32 Å². The highest BCUT2D eigenvalue weighted by molar-refractivity contribution is 5.94. The van der Waals surface area contributed by atoms with Crippen molar-refractivity contribution in [3.63, 3.8) is 0 Å². The van der Waals surface area contributed by atoms with Crippen LogP contribution in [0, 0.1) is 17.6 Å². The van der Waals surface area contributed by atoms with Crippen LogP contribution in [0.5, 0.6) is 0 Å². The first kappa shape index (κ1) is 18.8. The van der Waals surface area contributed by atoms with E-state index in [1.54, 1.807) is 11.0 Å². The summed E-state index contributed by atoms with van der Waals surface area (Å²) in [6, 6.07) is 12.5. The molecular formula is C21H20F2N2O2. The number of benzene rings is 2. The summed E-state index contributed by atoms with van der Waals surface area (Å²) in [7, 11) is 0. The summed E-state index contributed by atoms with van der Waals surface area (Å²) in [6.45, 7) is 0.892. The molecular weight excluding hydrogens is 350 g/mol. The number of carbonyl (C=O) groups excluding carboxylic acids is 2. The number of likely N-dealkylation sites (tertiary alicyclic amines) is 1. The lowest BCUT2D eigenvalue weighted by Crippen LogP contribution is -2.40. The minimum Gasteiger partial charge on any atom is -0.339 e. The lowest BCUT2D eigenvalue weighted by Gasteiger charge is -2.30. The molecule has 1 saturated heterocycles. The molecule has 0 saturated carbocycles. The van der Waals surface area contributed by atoms with Crippen molar-refractivity contribution in [1.29, 1.82) is 0 Å². The average molecular weight is 370 g/mol. The highest BCUT2D eigenvalue weighted by Crippen LogP contribution is 2.22. The number of piperidine rings is 1. The van der Waals surface area contributed by atoms with Gasteiger partial charge >= 0.3 is 0 Å². The fourth-order valence-corrected chi connectivity index (χ4v) is 3.03. The van der Waals surface area contributed by atoms with E-state index in [9.17, 15) is 18.4 Å². The van der Waals surface area contributed by atoms with Crippen LogP contribution >= 0.6 is 0 Å². The molecule has 1 heterocycles. The Balaban J connectivity index is 1.52. The maximum atomic E-state index is 13.6. The van der Waals surface area contributed by atoms with Crippen LogP contribution in [-0.4, -0.2) is 29.8 Å². The lowest BCUT2D eigenvalue weighted by atomic mass is 9.95. The van der Waals surface area contributed by atoms with Crippen molar-refractivity contribution < 1.29 is 18.4 Å². The largest absolute Gasteiger partial charge is 0.339 e. The standard InChI is InChI=1S/C21H20F2N2O2/c22-17-7-8-18(23)19(14-17)24-21(27)16-10-12-25(13-11-16)20(26)9-6-15-4-2-1-3-5-15/h1-9,14,16H,10-13H2,(H,24,27)/b9-6+. The van der Waals surface area contributed by atoms with Crippen molar-refractivity contribution in [2.45, 2.75) is 12.8 Å². The minimum absolute atomic E-state index is 0.103. The average Bonchev–Trinajstić information content (AvgIpc) is 2.70. The van der Waals surface area contributed by atoms with E-state index in [1.165, 1.54) is 6.08 Å². The summed E-state index contributed by atoms with van der Waals surface area (Å²) >= 11 is 0. The van der Waals surface area contributed by atoms with Crippen LogP contribution in [0.1, 0.15) is 18.4 Å². The molecule has 1 N–H and O–H groups in total. The molecule has 0 atom stereocenters. The molecule has 0 aliphatic carbocycles. The van der Waals surface area contributed by atoms with Crippen molar-refractivity contribution in [3.05, 3.63) is 71.8 Å². The van der Waals surface area contributed by atoms with E-state index in [-0.39, 0.29) is 23.4 Å². The molecule has 0 bridgehead atoms. The van der Waals surface area contributed by atoms with E-state index in [2.05, 4.69) is 5.32 Å². The Morgan fingerprint density at radius 1 is 1.04 bits per heavy atom. The number of anilines is 1. The lowest BCUT2D eigenvalue weighted by molar-refractivity contribution is -0.130. The van der Waals surface area contributed by atoms with Gasteiger partial charge in [0.15, 0.2) is 0 Å². The Morgan fingerprint density at radius 3 is 2.44 bits per heavy atom. The highest BCUT2D eigenvalue weighted by atomic mass is 19.1. The monoisotopic (exact) mass is 370 g/mol. The van der Waals surface area contributed by atoms with Gasteiger partial charge in [-0.1, -0.05) is 30.3 Å². The molecule has 1 fully saturated rings. The summed E-state index contributed by atoms with van der Waals surface area (Å²) in [5.74, 6) is -2.09. The first-order chi connectivity index (χ1) is 13.0. The second-order valence-electron chi connectivity index (χ2n) is 6.46. The maximum absolute atomic E-state index is 13.6. The van der Waals surface area contributed by atoms with Crippen LogP contribution in [0.3, 0.4) is 0 Å². The van der Waals surface area contributed by atoms with E-state index in [0.717, 1.165) is 23.8 Å². The molecule has 0 aromatic heterocycles. The summed E-state index contributed by atoms with van der Waals surface area (Å²) in [4.78, 5) is 26.3. The van der Waals surface area contributed by atoms with Gasteiger partial charge in [0.25, 0.3) is 0 Å². The molecule has 4 nitrogen and oxygen atoms in total. The van der Waals surface area contributed by atoms with Gasteiger partial charge in [-0.2, -0.15) is 0 Å². The normalized spacial score (nSPS) is 15.1. The third kappa shape index (κ3) is 5.00. The predicted octanol–water partition coefficient (Wildman–Crippen LogP) is 3.86. The molecule has 2 aromatic rings. The number of halogens is 2. The van der Waals surface area contributed by atoms with Gasteiger partial charge in [0.1, 0.15) is 11.6 Å². The minimum atomic E-state index is -0.677. The number of nitrogens with zero attached hydrogens (tertiary/aromatic N) is 1. The Hall–Kier alpha value is -3.02. The van der Waals surface area contributed by atoms with E-state index in [1.807, 2.05) is 30.3 Å². The molecule has 0 spiro atoms. The third-order valence-corrected chi connectivity index (χ3v) is 4.58. The van der Waals surface area contributed by atoms with Gasteiger partial charge in [0.2, 0.25) is 11.8 Å². The van der Waals surface area contributed by atoms with E-state index < -0.39 is 11.6 Å². The summed E-state index contributed by atoms with van der Waals surface area (Å²) < 4.78 is 26.9. The summed E-state index contributed by atoms with van der Waals surface area (Å²) in [6.07, 6.45) is 4.24. The van der Waals surface area contributed by atoms with Crippen LogP contribution in [0.2, 0.25) is 0 Å². The van der Waals surface area contributed by atoms with E-state index in [0.29, 0.717) is 25.9 Å². The molecule has 140 valence electrons. The number of hydrogen-bond acceptors (Lipinski definition) is 2. The third-order valence-electron chi connectivity index (χ3n) is 4.58. The van der Waals surface area contributed by atoms with Crippen molar-refractivity contribution in [2.24, 2.45) is 5.92 Å². The summed E-state index contributed by atoms with van der Waals surface area (Å²) in [5.41, 5.74) is 0.779. The van der Waals surface area contributed by atoms with E-state index in [4.69, 9.17) is 0 Å². The number of carbonyl (C=O) groups is 2. The van der Waals surface area contributed by atoms with Gasteiger partial charge in [0.05, 0.1) is 5.69 Å². The number of nitrogens with one attached hydrogen (secondary N) is 1. The second kappa shape index (κ2) is 8.58. The fourth-order valence-electron chi connectivity index (χ4n) is 3.03. The molecule has 2 aromatic carbocycles. The zero-order valence-corrected chi connectivity index (χ0v) is 14.7. The number of rotatable bonds is 4. The molecule has 6 heteroatoms. The molecule has 1 aliphatic rings. The predicted molar refractivity (Wildman–Crippen MR) is 99.8 cm³/mol. The highest BCUT2D eigenvalue weighted by Gasteiger charge is 2.27. The Labute approximate surface area is 156 Å². The molecule has 0 unspecified atom stereocenters. The molecule has 3 rings (SSSR count). The van der Waals surface area contributed by atoms with Gasteiger partial charge in [-0.3, -0.25) is 9.59 Å². The SMILES string of the molecule is O=C(Nc1cc(F)ccc1F)C1CCN(C(=O)/C=C/c2ccccc2)CC1. The van der Waals surface area contributed by atoms with Gasteiger partial charge in [-0.05, 0) is 36.6 Å². The zero-order chi connectivity index (χ0) is 19.2. The van der Waals surface area contributed by atoms with Crippen molar-refractivity contribution in [3.8, 4) is 0 Å². The number of amides is 2. The quantitative estimate of drug-likeness (QED) is 0.831. The van der Waals surface area contributed by atoms with Crippen LogP contribution in [0.4, 0.5) is 14.5 Å². The zero-order valence-electron chi connectivity index (χ0n) is 14.7. The maximum Gasteiger partial charge on any atom is 0.246 e. The van der Waals surface area contributed by atoms with Crippen molar-refractivity contribution in [2.75, 3.05) is 18.4 Å². The Bertz CT molecular complexity index is 845. The van der Waals surface area contributed by atoms with Crippen LogP contribution in [0.15, 0.2) is 54.6 Å². The second-order valence-corrected chi connectivity index (χ2v) is 6.46. The first-order valence-corrected chi connectivity index (χ1v) is 8.81.